The smallest absolute Gasteiger partial charge is 0.251 e. The number of amides is 2. The summed E-state index contributed by atoms with van der Waals surface area (Å²) >= 11 is 0. The molecule has 0 saturated carbocycles. The Labute approximate surface area is 147 Å². The molecule has 25 heavy (non-hydrogen) atoms. The van der Waals surface area contributed by atoms with Gasteiger partial charge in [0.2, 0.25) is 5.91 Å². The summed E-state index contributed by atoms with van der Waals surface area (Å²) in [4.78, 5) is 26.8. The molecule has 1 heterocycles. The molecule has 2 aromatic rings. The van der Waals surface area contributed by atoms with Crippen LogP contribution in [0.15, 0.2) is 48.5 Å². The third-order valence-electron chi connectivity index (χ3n) is 5.25. The zero-order valence-electron chi connectivity index (χ0n) is 14.4. The van der Waals surface area contributed by atoms with Gasteiger partial charge in [0, 0.05) is 6.04 Å². The van der Waals surface area contributed by atoms with E-state index in [-0.39, 0.29) is 24.3 Å². The first-order chi connectivity index (χ1) is 12.2. The average Bonchev–Trinajstić information content (AvgIpc) is 3.15. The van der Waals surface area contributed by atoms with E-state index in [0.717, 1.165) is 30.5 Å². The van der Waals surface area contributed by atoms with Gasteiger partial charge in [-0.25, -0.2) is 4.90 Å². The number of aryl methyl sites for hydroxylation is 1. The lowest BCUT2D eigenvalue weighted by Crippen LogP contribution is -2.44. The van der Waals surface area contributed by atoms with E-state index in [4.69, 9.17) is 0 Å². The molecule has 4 rings (SSSR count). The summed E-state index contributed by atoms with van der Waals surface area (Å²) in [5.41, 5.74) is 4.44. The minimum absolute atomic E-state index is 0.112. The van der Waals surface area contributed by atoms with E-state index in [0.29, 0.717) is 0 Å². The van der Waals surface area contributed by atoms with Crippen LogP contribution < -0.4 is 10.2 Å². The zero-order chi connectivity index (χ0) is 17.4. The molecule has 1 aliphatic heterocycles. The van der Waals surface area contributed by atoms with Gasteiger partial charge in [-0.15, -0.1) is 0 Å². The highest BCUT2D eigenvalue weighted by Crippen LogP contribution is 2.28. The van der Waals surface area contributed by atoms with Gasteiger partial charge in [-0.3, -0.25) is 9.59 Å². The maximum atomic E-state index is 12.9. The first-order valence-corrected chi connectivity index (χ1v) is 8.95. The van der Waals surface area contributed by atoms with Crippen LogP contribution in [0, 0.1) is 0 Å². The van der Waals surface area contributed by atoms with Gasteiger partial charge in [0.05, 0.1) is 18.2 Å². The maximum absolute atomic E-state index is 12.9. The maximum Gasteiger partial charge on any atom is 0.251 e. The van der Waals surface area contributed by atoms with Crippen LogP contribution in [0.2, 0.25) is 0 Å². The van der Waals surface area contributed by atoms with Crippen LogP contribution in [0.4, 0.5) is 5.69 Å². The normalized spacial score (nSPS) is 20.4. The number of hydrogen-bond acceptors (Lipinski definition) is 3. The monoisotopic (exact) mass is 334 g/mol. The Morgan fingerprint density at radius 3 is 2.28 bits per heavy atom. The van der Waals surface area contributed by atoms with Crippen molar-refractivity contribution in [2.24, 2.45) is 0 Å². The molecule has 2 aliphatic rings. The van der Waals surface area contributed by atoms with Crippen LogP contribution >= 0.6 is 0 Å². The standard InChI is InChI=1S/C21H22N2O2/c1-2-14-7-5-6-10-19(14)23-20(24)13-18(21(23)25)22-17-11-15-8-3-4-9-16(15)12-17/h3-10,17-18,22H,2,11-13H2,1H3. The molecule has 1 saturated heterocycles. The van der Waals surface area contributed by atoms with E-state index in [2.05, 4.69) is 29.6 Å². The number of carbonyl (C=O) groups is 2. The third kappa shape index (κ3) is 2.87. The molecule has 0 bridgehead atoms. The van der Waals surface area contributed by atoms with Gasteiger partial charge in [-0.2, -0.15) is 0 Å². The van der Waals surface area contributed by atoms with Crippen LogP contribution in [-0.4, -0.2) is 23.9 Å². The molecule has 4 nitrogen and oxygen atoms in total. The average molecular weight is 334 g/mol. The number of rotatable bonds is 4. The van der Waals surface area contributed by atoms with Crippen molar-refractivity contribution in [3.63, 3.8) is 0 Å². The molecule has 1 N–H and O–H groups in total. The van der Waals surface area contributed by atoms with Gasteiger partial charge in [0.15, 0.2) is 0 Å². The van der Waals surface area contributed by atoms with Crippen molar-refractivity contribution in [3.05, 3.63) is 65.2 Å². The minimum atomic E-state index is -0.420. The molecule has 1 fully saturated rings. The number of benzene rings is 2. The first-order valence-electron chi connectivity index (χ1n) is 8.95. The number of fused-ring (bicyclic) bond motifs is 1. The van der Waals surface area contributed by atoms with Gasteiger partial charge in [0.1, 0.15) is 0 Å². The number of hydrogen-bond donors (Lipinski definition) is 1. The van der Waals surface area contributed by atoms with Crippen LogP contribution in [0.25, 0.3) is 0 Å². The Morgan fingerprint density at radius 1 is 0.960 bits per heavy atom. The largest absolute Gasteiger partial charge is 0.302 e. The molecule has 4 heteroatoms. The Balaban J connectivity index is 1.51. The number of anilines is 1. The fourth-order valence-electron chi connectivity index (χ4n) is 4.00. The quantitative estimate of drug-likeness (QED) is 0.875. The Bertz CT molecular complexity index is 805. The topological polar surface area (TPSA) is 49.4 Å². The van der Waals surface area contributed by atoms with E-state index >= 15 is 0 Å². The lowest BCUT2D eigenvalue weighted by Gasteiger charge is -2.20. The highest BCUT2D eigenvalue weighted by molar-refractivity contribution is 6.22. The van der Waals surface area contributed by atoms with Crippen molar-refractivity contribution in [1.82, 2.24) is 5.32 Å². The van der Waals surface area contributed by atoms with Gasteiger partial charge in [0.25, 0.3) is 5.91 Å². The molecule has 1 aliphatic carbocycles. The van der Waals surface area contributed by atoms with Gasteiger partial charge in [-0.1, -0.05) is 49.4 Å². The second kappa shape index (κ2) is 6.45. The Hall–Kier alpha value is -2.46. The SMILES string of the molecule is CCc1ccccc1N1C(=O)CC(NC2Cc3ccccc3C2)C1=O. The van der Waals surface area contributed by atoms with Crippen molar-refractivity contribution in [1.29, 1.82) is 0 Å². The molecule has 0 radical (unpaired) electrons. The van der Waals surface area contributed by atoms with E-state index < -0.39 is 6.04 Å². The molecule has 2 amide bonds. The van der Waals surface area contributed by atoms with E-state index in [1.165, 1.54) is 16.0 Å². The van der Waals surface area contributed by atoms with E-state index in [1.807, 2.05) is 31.2 Å². The third-order valence-corrected chi connectivity index (χ3v) is 5.25. The molecule has 2 aromatic carbocycles. The van der Waals surface area contributed by atoms with Crippen LogP contribution in [0.3, 0.4) is 0 Å². The lowest BCUT2D eigenvalue weighted by molar-refractivity contribution is -0.121. The molecule has 128 valence electrons. The number of imide groups is 1. The van der Waals surface area contributed by atoms with Crippen molar-refractivity contribution >= 4 is 17.5 Å². The molecular weight excluding hydrogens is 312 g/mol. The minimum Gasteiger partial charge on any atom is -0.302 e. The predicted octanol–water partition coefficient (Wildman–Crippen LogP) is 2.64. The number of nitrogens with one attached hydrogen (secondary N) is 1. The molecule has 0 aromatic heterocycles. The highest BCUT2D eigenvalue weighted by atomic mass is 16.2. The second-order valence-electron chi connectivity index (χ2n) is 6.85. The first kappa shape index (κ1) is 16.0. The molecular formula is C21H22N2O2. The fraction of sp³-hybridized carbons (Fsp3) is 0.333. The lowest BCUT2D eigenvalue weighted by atomic mass is 10.1. The van der Waals surface area contributed by atoms with E-state index in [1.54, 1.807) is 0 Å². The second-order valence-corrected chi connectivity index (χ2v) is 6.85. The number of nitrogens with zero attached hydrogens (tertiary/aromatic N) is 1. The van der Waals surface area contributed by atoms with Gasteiger partial charge >= 0.3 is 0 Å². The molecule has 0 spiro atoms. The number of para-hydroxylation sites is 1. The summed E-state index contributed by atoms with van der Waals surface area (Å²) in [5, 5.41) is 3.43. The van der Waals surface area contributed by atoms with Crippen molar-refractivity contribution < 1.29 is 9.59 Å². The van der Waals surface area contributed by atoms with Gasteiger partial charge < -0.3 is 5.32 Å². The summed E-state index contributed by atoms with van der Waals surface area (Å²) in [5.74, 6) is -0.235. The summed E-state index contributed by atoms with van der Waals surface area (Å²) < 4.78 is 0. The summed E-state index contributed by atoms with van der Waals surface area (Å²) in [6.07, 6.45) is 2.87. The van der Waals surface area contributed by atoms with Gasteiger partial charge in [-0.05, 0) is 42.0 Å². The van der Waals surface area contributed by atoms with E-state index in [9.17, 15) is 9.59 Å². The van der Waals surface area contributed by atoms with Crippen molar-refractivity contribution in [3.8, 4) is 0 Å². The summed E-state index contributed by atoms with van der Waals surface area (Å²) in [7, 11) is 0. The van der Waals surface area contributed by atoms with Crippen molar-refractivity contribution in [2.45, 2.75) is 44.7 Å². The Kier molecular flexibility index (Phi) is 4.14. The van der Waals surface area contributed by atoms with Crippen LogP contribution in [-0.2, 0) is 28.9 Å². The van der Waals surface area contributed by atoms with Crippen molar-refractivity contribution in [2.75, 3.05) is 4.90 Å². The Morgan fingerprint density at radius 2 is 1.60 bits per heavy atom. The highest BCUT2D eigenvalue weighted by Gasteiger charge is 2.41. The molecule has 1 atom stereocenters. The predicted molar refractivity (Wildman–Crippen MR) is 97.5 cm³/mol. The number of carbonyl (C=O) groups excluding carboxylic acids is 2. The summed E-state index contributed by atoms with van der Waals surface area (Å²) in [6.45, 7) is 2.04. The summed E-state index contributed by atoms with van der Waals surface area (Å²) in [6, 6.07) is 15.8. The zero-order valence-corrected chi connectivity index (χ0v) is 14.4. The molecule has 1 unspecified atom stereocenters. The fourth-order valence-corrected chi connectivity index (χ4v) is 4.00. The van der Waals surface area contributed by atoms with Crippen LogP contribution in [0.1, 0.15) is 30.0 Å². The van der Waals surface area contributed by atoms with Crippen LogP contribution in [0.5, 0.6) is 0 Å².